The maximum absolute atomic E-state index is 12.9. The second-order valence-corrected chi connectivity index (χ2v) is 9.41. The van der Waals surface area contributed by atoms with Gasteiger partial charge in [0.25, 0.3) is 0 Å². The molecule has 0 saturated heterocycles. The van der Waals surface area contributed by atoms with Crippen LogP contribution in [0.4, 0.5) is 0 Å². The van der Waals surface area contributed by atoms with Crippen molar-refractivity contribution in [2.75, 3.05) is 0 Å². The number of hydrogen-bond donors (Lipinski definition) is 0. The number of benzene rings is 3. The Hall–Kier alpha value is -3.15. The van der Waals surface area contributed by atoms with Crippen LogP contribution in [0.3, 0.4) is 0 Å². The van der Waals surface area contributed by atoms with Crippen LogP contribution in [0.15, 0.2) is 109 Å². The van der Waals surface area contributed by atoms with Gasteiger partial charge in [0.2, 0.25) is 0 Å². The fourth-order valence-electron chi connectivity index (χ4n) is 4.00. The maximum atomic E-state index is 12.9. The van der Waals surface area contributed by atoms with Gasteiger partial charge in [-0.2, -0.15) is 0 Å². The van der Waals surface area contributed by atoms with Crippen molar-refractivity contribution in [2.45, 2.75) is 20.3 Å². The third-order valence-electron chi connectivity index (χ3n) is 5.61. The van der Waals surface area contributed by atoms with Gasteiger partial charge in [-0.05, 0) is 59.4 Å². The number of rotatable bonds is 4. The van der Waals surface area contributed by atoms with Crippen LogP contribution in [0.25, 0.3) is 28.0 Å². The molecule has 1 atom stereocenters. The van der Waals surface area contributed by atoms with E-state index in [-0.39, 0.29) is 0 Å². The van der Waals surface area contributed by atoms with Gasteiger partial charge in [0.05, 0.1) is 0 Å². The van der Waals surface area contributed by atoms with Crippen molar-refractivity contribution in [2.24, 2.45) is 0 Å². The zero-order valence-corrected chi connectivity index (χ0v) is 19.0. The van der Waals surface area contributed by atoms with Crippen molar-refractivity contribution in [1.82, 2.24) is 0 Å². The summed E-state index contributed by atoms with van der Waals surface area (Å²) in [5.74, 6) is 0. The van der Waals surface area contributed by atoms with E-state index >= 15 is 0 Å². The van der Waals surface area contributed by atoms with Gasteiger partial charge in [0, 0.05) is 10.6 Å². The van der Waals surface area contributed by atoms with Crippen molar-refractivity contribution < 1.29 is 4.57 Å². The van der Waals surface area contributed by atoms with E-state index in [1.165, 1.54) is 27.5 Å². The Morgan fingerprint density at radius 1 is 0.903 bits per heavy atom. The van der Waals surface area contributed by atoms with E-state index in [2.05, 4.69) is 78.9 Å². The molecule has 2 heteroatoms. The Morgan fingerprint density at radius 2 is 1.68 bits per heavy atom. The van der Waals surface area contributed by atoms with Gasteiger partial charge in [-0.25, -0.2) is 0 Å². The van der Waals surface area contributed by atoms with E-state index in [1.807, 2.05) is 44.2 Å². The summed E-state index contributed by atoms with van der Waals surface area (Å²) in [6.45, 7) is 3.90. The van der Waals surface area contributed by atoms with Crippen LogP contribution in [-0.4, -0.2) is 0 Å². The fourth-order valence-corrected chi connectivity index (χ4v) is 5.39. The lowest BCUT2D eigenvalue weighted by atomic mass is 9.91. The molecule has 3 aromatic rings. The molecule has 0 heterocycles. The minimum absolute atomic E-state index is 0.864. The largest absolute Gasteiger partial charge is 0.317 e. The predicted molar refractivity (Wildman–Crippen MR) is 138 cm³/mol. The summed E-state index contributed by atoms with van der Waals surface area (Å²) < 4.78 is 12.9. The molecule has 1 aliphatic rings. The molecule has 1 aliphatic carbocycles. The summed E-state index contributed by atoms with van der Waals surface area (Å²) in [5, 5.41) is 4.33. The molecule has 1 unspecified atom stereocenters. The summed E-state index contributed by atoms with van der Waals surface area (Å²) in [5.41, 5.74) is 4.91. The van der Waals surface area contributed by atoms with Gasteiger partial charge in [-0.3, -0.25) is 0 Å². The smallest absolute Gasteiger partial charge is 0.131 e. The minimum atomic E-state index is -1.98. The molecular weight excluding hydrogens is 395 g/mol. The zero-order chi connectivity index (χ0) is 21.6. The molecule has 154 valence electrons. The normalized spacial score (nSPS) is 18.1. The quantitative estimate of drug-likeness (QED) is 0.309. The van der Waals surface area contributed by atoms with E-state index in [9.17, 15) is 4.57 Å². The predicted octanol–water partition coefficient (Wildman–Crippen LogP) is 7.85. The lowest BCUT2D eigenvalue weighted by Gasteiger charge is -2.14. The van der Waals surface area contributed by atoms with Crippen molar-refractivity contribution in [3.05, 3.63) is 120 Å². The van der Waals surface area contributed by atoms with Crippen LogP contribution in [0.5, 0.6) is 0 Å². The molecule has 0 radical (unpaired) electrons. The molecule has 1 nitrogen and oxygen atoms in total. The van der Waals surface area contributed by atoms with E-state index < -0.39 is 7.80 Å². The lowest BCUT2D eigenvalue weighted by Crippen LogP contribution is -1.98. The topological polar surface area (TPSA) is 17.1 Å². The molecule has 0 spiro atoms. The average Bonchev–Trinajstić information content (AvgIpc) is 2.85. The van der Waals surface area contributed by atoms with Crippen LogP contribution >= 0.6 is 7.80 Å². The molecule has 0 saturated carbocycles. The van der Waals surface area contributed by atoms with Gasteiger partial charge >= 0.3 is 0 Å². The monoisotopic (exact) mass is 422 g/mol. The van der Waals surface area contributed by atoms with Gasteiger partial charge in [0.1, 0.15) is 7.80 Å². The summed E-state index contributed by atoms with van der Waals surface area (Å²) in [7, 11) is -1.98. The second kappa shape index (κ2) is 9.77. The van der Waals surface area contributed by atoms with E-state index in [4.69, 9.17) is 0 Å². The minimum Gasteiger partial charge on any atom is -0.317 e. The van der Waals surface area contributed by atoms with E-state index in [0.717, 1.165) is 22.6 Å². The average molecular weight is 423 g/mol. The Labute approximate surface area is 185 Å². The van der Waals surface area contributed by atoms with Gasteiger partial charge < -0.3 is 4.57 Å². The number of fused-ring (bicyclic) bond motifs is 1. The third-order valence-corrected chi connectivity index (χ3v) is 7.45. The van der Waals surface area contributed by atoms with E-state index in [1.54, 1.807) is 0 Å². The molecule has 0 aromatic heterocycles. The SMILES string of the molecule is C/C=C\C(=C/C)[PH](=O)c1ccc(-c2ccc3ccc4cc3c2C\C=C/C=C/C=C\4)cc1. The first-order valence-corrected chi connectivity index (χ1v) is 12.1. The van der Waals surface area contributed by atoms with Gasteiger partial charge in [-0.1, -0.05) is 103 Å². The molecule has 0 fully saturated rings. The first kappa shape index (κ1) is 21.1. The van der Waals surface area contributed by atoms with E-state index in [0.29, 0.717) is 0 Å². The molecule has 0 amide bonds. The fraction of sp³-hybridized carbons (Fsp3) is 0.103. The van der Waals surface area contributed by atoms with Crippen molar-refractivity contribution in [3.8, 4) is 11.1 Å². The van der Waals surface area contributed by atoms with Crippen molar-refractivity contribution in [1.29, 1.82) is 0 Å². The first-order chi connectivity index (χ1) is 15.2. The highest BCUT2D eigenvalue weighted by atomic mass is 31.1. The molecular formula is C29H27OP. The van der Waals surface area contributed by atoms with Crippen molar-refractivity contribution >= 4 is 30.0 Å². The number of allylic oxidation sites excluding steroid dienone is 9. The second-order valence-electron chi connectivity index (χ2n) is 7.60. The van der Waals surface area contributed by atoms with Crippen LogP contribution in [-0.2, 0) is 11.0 Å². The number of hydrogen-bond acceptors (Lipinski definition) is 1. The summed E-state index contributed by atoms with van der Waals surface area (Å²) >= 11 is 0. The highest BCUT2D eigenvalue weighted by Crippen LogP contribution is 2.35. The molecule has 31 heavy (non-hydrogen) atoms. The molecule has 3 aromatic carbocycles. The first-order valence-electron chi connectivity index (χ1n) is 10.7. The summed E-state index contributed by atoms with van der Waals surface area (Å²) in [4.78, 5) is 0. The van der Waals surface area contributed by atoms with Crippen LogP contribution in [0.2, 0.25) is 0 Å². The highest BCUT2D eigenvalue weighted by Gasteiger charge is 2.12. The molecule has 2 bridgehead atoms. The maximum Gasteiger partial charge on any atom is 0.131 e. The van der Waals surface area contributed by atoms with Crippen molar-refractivity contribution in [3.63, 3.8) is 0 Å². The Morgan fingerprint density at radius 3 is 2.45 bits per heavy atom. The Bertz CT molecular complexity index is 1270. The zero-order valence-electron chi connectivity index (χ0n) is 18.0. The van der Waals surface area contributed by atoms with Crippen LogP contribution in [0, 0.1) is 0 Å². The molecule has 0 aliphatic heterocycles. The Balaban J connectivity index is 1.79. The third kappa shape index (κ3) is 4.63. The summed E-state index contributed by atoms with van der Waals surface area (Å²) in [6, 6.07) is 19.3. The van der Waals surface area contributed by atoms with Crippen LogP contribution in [0.1, 0.15) is 25.0 Å². The van der Waals surface area contributed by atoms with Crippen LogP contribution < -0.4 is 5.30 Å². The van der Waals surface area contributed by atoms with Gasteiger partial charge in [0.15, 0.2) is 0 Å². The Kier molecular flexibility index (Phi) is 6.65. The molecule has 0 N–H and O–H groups in total. The molecule has 4 rings (SSSR count). The standard InChI is InChI=1S/C29H27OP/c1-3-10-25(4-2)31(30)26-18-15-23(16-19-26)27-20-17-24-14-13-22-11-8-6-5-7-9-12-28(27)29(24)21-22/h3-11,13-21,31H,12H2,1-2H3/b6-5+,9-7-,10-3-,11-8-,25-4+. The summed E-state index contributed by atoms with van der Waals surface area (Å²) in [6.07, 6.45) is 19.4. The van der Waals surface area contributed by atoms with Gasteiger partial charge in [-0.15, -0.1) is 0 Å². The highest BCUT2D eigenvalue weighted by molar-refractivity contribution is 7.58. The lowest BCUT2D eigenvalue weighted by molar-refractivity contribution is 0.597.